The van der Waals surface area contributed by atoms with Crippen LogP contribution in [0.1, 0.15) is 39.3 Å². The summed E-state index contributed by atoms with van der Waals surface area (Å²) in [5.74, 6) is -0.395. The van der Waals surface area contributed by atoms with E-state index in [-0.39, 0.29) is 17.8 Å². The Kier molecular flexibility index (Phi) is 7.00. The maximum absolute atomic E-state index is 12.9. The smallest absolute Gasteiger partial charge is 0.276 e. The minimum absolute atomic E-state index is 0.0924. The van der Waals surface area contributed by atoms with Gasteiger partial charge in [-0.25, -0.2) is 0 Å². The first-order valence-corrected chi connectivity index (χ1v) is 12.3. The van der Waals surface area contributed by atoms with Gasteiger partial charge in [-0.15, -0.1) is 0 Å². The molecule has 0 radical (unpaired) electrons. The van der Waals surface area contributed by atoms with Gasteiger partial charge >= 0.3 is 0 Å². The van der Waals surface area contributed by atoms with Crippen molar-refractivity contribution in [1.29, 1.82) is 0 Å². The number of hydrogen-bond acceptors (Lipinski definition) is 6. The van der Waals surface area contributed by atoms with Crippen molar-refractivity contribution in [3.05, 3.63) is 102 Å². The van der Waals surface area contributed by atoms with Gasteiger partial charge < -0.3 is 20.6 Å². The van der Waals surface area contributed by atoms with Crippen LogP contribution in [0.25, 0.3) is 0 Å². The molecular weight excluding hydrogens is 466 g/mol. The lowest BCUT2D eigenvalue weighted by atomic mass is 10.0. The molecule has 188 valence electrons. The SMILES string of the molecule is Cn1ccc(C(=O)Nc2ccc(C(=O)c3ccc(Nc4ccc(N5CCC(O)CC5)cc4)cc3)cc2)n1. The largest absolute Gasteiger partial charge is 0.393 e. The second kappa shape index (κ2) is 10.7. The number of aryl methyl sites for hydroxylation is 1. The van der Waals surface area contributed by atoms with Crippen LogP contribution in [0.3, 0.4) is 0 Å². The summed E-state index contributed by atoms with van der Waals surface area (Å²) in [6.07, 6.45) is 3.13. The van der Waals surface area contributed by atoms with Crippen LogP contribution in [0, 0.1) is 0 Å². The zero-order chi connectivity index (χ0) is 25.8. The number of aliphatic hydroxyl groups is 1. The minimum Gasteiger partial charge on any atom is -0.393 e. The Morgan fingerprint density at radius 1 is 0.811 bits per heavy atom. The summed E-state index contributed by atoms with van der Waals surface area (Å²) >= 11 is 0. The van der Waals surface area contributed by atoms with E-state index in [0.29, 0.717) is 22.5 Å². The normalized spacial score (nSPS) is 13.8. The van der Waals surface area contributed by atoms with Gasteiger partial charge in [0.15, 0.2) is 11.5 Å². The molecule has 8 nitrogen and oxygen atoms in total. The first-order valence-electron chi connectivity index (χ1n) is 12.3. The fourth-order valence-electron chi connectivity index (χ4n) is 4.35. The minimum atomic E-state index is -0.302. The Bertz CT molecular complexity index is 1370. The van der Waals surface area contributed by atoms with Gasteiger partial charge in [0.25, 0.3) is 5.91 Å². The lowest BCUT2D eigenvalue weighted by molar-refractivity contribution is 0.101. The molecule has 1 aliphatic heterocycles. The summed E-state index contributed by atoms with van der Waals surface area (Å²) < 4.78 is 1.57. The van der Waals surface area contributed by atoms with Crippen LogP contribution in [-0.4, -0.2) is 45.8 Å². The molecule has 1 saturated heterocycles. The molecule has 2 heterocycles. The number of rotatable bonds is 7. The molecule has 3 aromatic carbocycles. The standard InChI is InChI=1S/C29H29N5O3/c1-33-17-16-27(32-33)29(37)31-24-8-4-21(5-9-24)28(36)20-2-6-22(7-3-20)30-23-10-12-25(13-11-23)34-18-14-26(35)15-19-34/h2-13,16-17,26,30,35H,14-15,18-19H2,1H3,(H,31,37). The molecule has 1 fully saturated rings. The fraction of sp³-hybridized carbons (Fsp3) is 0.207. The summed E-state index contributed by atoms with van der Waals surface area (Å²) in [5, 5.41) is 19.9. The van der Waals surface area contributed by atoms with E-state index in [0.717, 1.165) is 43.0 Å². The number of amides is 1. The highest BCUT2D eigenvalue weighted by molar-refractivity contribution is 6.09. The third-order valence-corrected chi connectivity index (χ3v) is 6.48. The van der Waals surface area contributed by atoms with E-state index in [9.17, 15) is 14.7 Å². The Morgan fingerprint density at radius 3 is 1.89 bits per heavy atom. The van der Waals surface area contributed by atoms with E-state index >= 15 is 0 Å². The predicted molar refractivity (Wildman–Crippen MR) is 145 cm³/mol. The van der Waals surface area contributed by atoms with Crippen LogP contribution in [-0.2, 0) is 7.05 Å². The number of aliphatic hydroxyl groups excluding tert-OH is 1. The van der Waals surface area contributed by atoms with Gasteiger partial charge in [-0.3, -0.25) is 14.3 Å². The van der Waals surface area contributed by atoms with Gasteiger partial charge in [0, 0.05) is 60.2 Å². The van der Waals surface area contributed by atoms with Gasteiger partial charge in [0.2, 0.25) is 0 Å². The monoisotopic (exact) mass is 495 g/mol. The lowest BCUT2D eigenvalue weighted by Crippen LogP contribution is -2.35. The Balaban J connectivity index is 1.17. The molecule has 1 aliphatic rings. The van der Waals surface area contributed by atoms with Crippen molar-refractivity contribution >= 4 is 34.4 Å². The maximum atomic E-state index is 12.9. The number of benzene rings is 3. The molecule has 8 heteroatoms. The molecule has 0 saturated carbocycles. The van der Waals surface area contributed by atoms with Crippen molar-refractivity contribution in [2.24, 2.45) is 7.05 Å². The number of nitrogens with one attached hydrogen (secondary N) is 2. The van der Waals surface area contributed by atoms with Gasteiger partial charge in [0.1, 0.15) is 0 Å². The first-order chi connectivity index (χ1) is 17.9. The van der Waals surface area contributed by atoms with Crippen molar-refractivity contribution in [2.75, 3.05) is 28.6 Å². The van der Waals surface area contributed by atoms with Crippen molar-refractivity contribution < 1.29 is 14.7 Å². The third-order valence-electron chi connectivity index (χ3n) is 6.48. The molecule has 0 aliphatic carbocycles. The number of carbonyl (C=O) groups is 2. The van der Waals surface area contributed by atoms with Gasteiger partial charge in [-0.2, -0.15) is 5.10 Å². The molecular formula is C29H29N5O3. The molecule has 37 heavy (non-hydrogen) atoms. The topological polar surface area (TPSA) is 99.5 Å². The molecule has 1 aromatic heterocycles. The highest BCUT2D eigenvalue weighted by Gasteiger charge is 2.17. The zero-order valence-corrected chi connectivity index (χ0v) is 20.6. The van der Waals surface area contributed by atoms with E-state index < -0.39 is 0 Å². The number of hydrogen-bond donors (Lipinski definition) is 3. The number of anilines is 4. The molecule has 0 bridgehead atoms. The van der Waals surface area contributed by atoms with E-state index in [1.807, 2.05) is 24.3 Å². The number of carbonyl (C=O) groups excluding carboxylic acids is 2. The van der Waals surface area contributed by atoms with E-state index in [2.05, 4.69) is 32.8 Å². The van der Waals surface area contributed by atoms with Crippen LogP contribution in [0.2, 0.25) is 0 Å². The molecule has 0 unspecified atom stereocenters. The van der Waals surface area contributed by atoms with Crippen LogP contribution >= 0.6 is 0 Å². The highest BCUT2D eigenvalue weighted by Crippen LogP contribution is 2.24. The van der Waals surface area contributed by atoms with Gasteiger partial charge in [-0.05, 0) is 91.7 Å². The average Bonchev–Trinajstić information content (AvgIpc) is 3.37. The Hall–Kier alpha value is -4.43. The summed E-state index contributed by atoms with van der Waals surface area (Å²) in [4.78, 5) is 27.5. The second-order valence-electron chi connectivity index (χ2n) is 9.20. The molecule has 1 amide bonds. The second-order valence-corrected chi connectivity index (χ2v) is 9.20. The van der Waals surface area contributed by atoms with Crippen molar-refractivity contribution in [3.8, 4) is 0 Å². The van der Waals surface area contributed by atoms with Crippen molar-refractivity contribution in [3.63, 3.8) is 0 Å². The zero-order valence-electron chi connectivity index (χ0n) is 20.6. The van der Waals surface area contributed by atoms with E-state index in [4.69, 9.17) is 0 Å². The number of piperidine rings is 1. The summed E-state index contributed by atoms with van der Waals surface area (Å²) in [7, 11) is 1.75. The molecule has 5 rings (SSSR count). The average molecular weight is 496 g/mol. The number of ketones is 1. The first kappa shape index (κ1) is 24.3. The molecule has 4 aromatic rings. The van der Waals surface area contributed by atoms with E-state index in [1.54, 1.807) is 60.4 Å². The van der Waals surface area contributed by atoms with Crippen LogP contribution in [0.4, 0.5) is 22.7 Å². The number of aromatic nitrogens is 2. The Morgan fingerprint density at radius 2 is 1.35 bits per heavy atom. The molecule has 3 N–H and O–H groups in total. The fourth-order valence-corrected chi connectivity index (χ4v) is 4.35. The quantitative estimate of drug-likeness (QED) is 0.324. The highest BCUT2D eigenvalue weighted by atomic mass is 16.3. The summed E-state index contributed by atoms with van der Waals surface area (Å²) in [6, 6.07) is 24.1. The predicted octanol–water partition coefficient (Wildman–Crippen LogP) is 4.61. The van der Waals surface area contributed by atoms with Crippen molar-refractivity contribution in [2.45, 2.75) is 18.9 Å². The lowest BCUT2D eigenvalue weighted by Gasteiger charge is -2.31. The summed E-state index contributed by atoms with van der Waals surface area (Å²) in [5.41, 5.74) is 5.04. The van der Waals surface area contributed by atoms with Crippen LogP contribution in [0.5, 0.6) is 0 Å². The third kappa shape index (κ3) is 5.87. The molecule has 0 spiro atoms. The van der Waals surface area contributed by atoms with Crippen LogP contribution < -0.4 is 15.5 Å². The summed E-state index contributed by atoms with van der Waals surface area (Å²) in [6.45, 7) is 1.73. The number of nitrogens with zero attached hydrogens (tertiary/aromatic N) is 3. The molecule has 0 atom stereocenters. The van der Waals surface area contributed by atoms with Gasteiger partial charge in [0.05, 0.1) is 6.10 Å². The maximum Gasteiger partial charge on any atom is 0.276 e. The Labute approximate surface area is 215 Å². The van der Waals surface area contributed by atoms with Gasteiger partial charge in [-0.1, -0.05) is 0 Å². The van der Waals surface area contributed by atoms with Crippen LogP contribution in [0.15, 0.2) is 85.1 Å². The van der Waals surface area contributed by atoms with Crippen molar-refractivity contribution in [1.82, 2.24) is 9.78 Å². The van der Waals surface area contributed by atoms with E-state index in [1.165, 1.54) is 0 Å².